The van der Waals surface area contributed by atoms with Crippen molar-refractivity contribution in [2.45, 2.75) is 19.1 Å². The van der Waals surface area contributed by atoms with E-state index in [0.717, 1.165) is 27.6 Å². The molecule has 0 radical (unpaired) electrons. The number of nitrogens with one attached hydrogen (secondary N) is 3. The highest BCUT2D eigenvalue weighted by atomic mass is 35.5. The Balaban J connectivity index is 0.00000289. The van der Waals surface area contributed by atoms with Gasteiger partial charge in [0, 0.05) is 12.2 Å². The quantitative estimate of drug-likeness (QED) is 0.512. The molecular formula is C19H18ClF3N6O3. The molecular weight excluding hydrogens is 453 g/mol. The van der Waals surface area contributed by atoms with Gasteiger partial charge in [-0.3, -0.25) is 14.6 Å². The van der Waals surface area contributed by atoms with Crippen molar-refractivity contribution < 1.29 is 22.8 Å². The van der Waals surface area contributed by atoms with E-state index in [2.05, 4.69) is 20.8 Å². The minimum absolute atomic E-state index is 0. The van der Waals surface area contributed by atoms with Gasteiger partial charge >= 0.3 is 11.9 Å². The molecule has 3 aromatic rings. The van der Waals surface area contributed by atoms with E-state index in [9.17, 15) is 22.8 Å². The van der Waals surface area contributed by atoms with Crippen molar-refractivity contribution in [1.82, 2.24) is 25.4 Å². The van der Waals surface area contributed by atoms with Crippen LogP contribution in [0.15, 0.2) is 53.3 Å². The van der Waals surface area contributed by atoms with Gasteiger partial charge in [0.15, 0.2) is 0 Å². The summed E-state index contributed by atoms with van der Waals surface area (Å²) >= 11 is 0. The fraction of sp³-hybridized carbons (Fsp3) is 0.211. The van der Waals surface area contributed by atoms with E-state index in [1.807, 2.05) is 0 Å². The van der Waals surface area contributed by atoms with Crippen LogP contribution < -0.4 is 16.4 Å². The van der Waals surface area contributed by atoms with Gasteiger partial charge in [0.25, 0.3) is 5.91 Å². The standard InChI is InChI=1S/C19H17F3N6O3.ClH/c20-19(21,22)13-2-1-3-15(10-13)27-18(30)25-17(26-27)24-14-6-4-12(5-7-14)11-23-28-16(29)8-9-31-28;/h1-7,10,23H,8-9,11H2,(H2,24,25,26,30);1H. The first-order valence-corrected chi connectivity index (χ1v) is 9.22. The molecule has 0 bridgehead atoms. The molecule has 0 spiro atoms. The van der Waals surface area contributed by atoms with Gasteiger partial charge < -0.3 is 5.32 Å². The number of nitrogens with zero attached hydrogens (tertiary/aromatic N) is 3. The van der Waals surface area contributed by atoms with Crippen molar-refractivity contribution in [3.05, 3.63) is 70.1 Å². The summed E-state index contributed by atoms with van der Waals surface area (Å²) in [7, 11) is 0. The number of hydroxylamine groups is 1. The zero-order valence-corrected chi connectivity index (χ0v) is 17.2. The Morgan fingerprint density at radius 2 is 1.88 bits per heavy atom. The Morgan fingerprint density at radius 1 is 1.12 bits per heavy atom. The molecule has 2 heterocycles. The molecule has 170 valence electrons. The Labute approximate surface area is 185 Å². The van der Waals surface area contributed by atoms with Gasteiger partial charge in [-0.15, -0.1) is 22.7 Å². The lowest BCUT2D eigenvalue weighted by Gasteiger charge is -2.15. The highest BCUT2D eigenvalue weighted by molar-refractivity contribution is 5.85. The number of carbonyl (C=O) groups is 1. The molecule has 1 amide bonds. The summed E-state index contributed by atoms with van der Waals surface area (Å²) in [5.74, 6) is -0.0667. The number of amides is 1. The summed E-state index contributed by atoms with van der Waals surface area (Å²) in [5.41, 5.74) is 2.76. The molecule has 0 saturated carbocycles. The molecule has 0 atom stereocenters. The minimum atomic E-state index is -4.53. The predicted molar refractivity (Wildman–Crippen MR) is 110 cm³/mol. The number of alkyl halides is 3. The van der Waals surface area contributed by atoms with Crippen LogP contribution in [0.25, 0.3) is 5.69 Å². The van der Waals surface area contributed by atoms with Gasteiger partial charge in [-0.05, 0) is 35.9 Å². The van der Waals surface area contributed by atoms with Crippen molar-refractivity contribution >= 4 is 29.9 Å². The third-order valence-corrected chi connectivity index (χ3v) is 4.44. The van der Waals surface area contributed by atoms with Crippen molar-refractivity contribution in [2.24, 2.45) is 0 Å². The fourth-order valence-electron chi connectivity index (χ4n) is 2.91. The third-order valence-electron chi connectivity index (χ3n) is 4.44. The SMILES string of the molecule is Cl.O=C1CCON1NCc1ccc(Nc2nn(-c3cccc(C(F)(F)F)c3)c(=O)[nH]2)cc1. The number of rotatable bonds is 6. The number of halogens is 4. The molecule has 13 heteroatoms. The number of hydrazine groups is 1. The van der Waals surface area contributed by atoms with Gasteiger partial charge in [0.05, 0.1) is 24.3 Å². The molecule has 3 N–H and O–H groups in total. The lowest BCUT2D eigenvalue weighted by Crippen LogP contribution is -2.37. The minimum Gasteiger partial charge on any atom is -0.324 e. The Kier molecular flexibility index (Phi) is 6.87. The fourth-order valence-corrected chi connectivity index (χ4v) is 2.91. The van der Waals surface area contributed by atoms with Gasteiger partial charge in [0.1, 0.15) is 0 Å². The molecule has 32 heavy (non-hydrogen) atoms. The topological polar surface area (TPSA) is 104 Å². The number of H-pyrrole nitrogens is 1. The van der Waals surface area contributed by atoms with E-state index in [1.54, 1.807) is 24.3 Å². The number of hydrogen-bond acceptors (Lipinski definition) is 6. The molecule has 1 fully saturated rings. The number of aromatic amines is 1. The highest BCUT2D eigenvalue weighted by Crippen LogP contribution is 2.30. The Bertz CT molecular complexity index is 1150. The number of anilines is 2. The van der Waals surface area contributed by atoms with Gasteiger partial charge in [-0.2, -0.15) is 17.9 Å². The van der Waals surface area contributed by atoms with Crippen molar-refractivity contribution in [2.75, 3.05) is 11.9 Å². The maximum atomic E-state index is 12.9. The molecule has 1 aliphatic rings. The summed E-state index contributed by atoms with van der Waals surface area (Å²) in [6.45, 7) is 0.715. The van der Waals surface area contributed by atoms with Crippen LogP contribution in [-0.4, -0.2) is 32.5 Å². The second-order valence-corrected chi connectivity index (χ2v) is 6.67. The monoisotopic (exact) mass is 470 g/mol. The summed E-state index contributed by atoms with van der Waals surface area (Å²) < 4.78 is 39.6. The van der Waals surface area contributed by atoms with E-state index < -0.39 is 17.4 Å². The van der Waals surface area contributed by atoms with Crippen LogP contribution >= 0.6 is 12.4 Å². The summed E-state index contributed by atoms with van der Waals surface area (Å²) in [6.07, 6.45) is -4.19. The lowest BCUT2D eigenvalue weighted by atomic mass is 10.2. The second kappa shape index (κ2) is 9.42. The zero-order chi connectivity index (χ0) is 22.0. The van der Waals surface area contributed by atoms with Crippen molar-refractivity contribution in [3.8, 4) is 5.69 Å². The average Bonchev–Trinajstić information content (AvgIpc) is 3.32. The van der Waals surface area contributed by atoms with Crippen LogP contribution in [-0.2, 0) is 22.4 Å². The predicted octanol–water partition coefficient (Wildman–Crippen LogP) is 2.91. The third kappa shape index (κ3) is 5.28. The first kappa shape index (κ1) is 23.3. The maximum Gasteiger partial charge on any atom is 0.416 e. The van der Waals surface area contributed by atoms with Crippen LogP contribution in [0, 0.1) is 0 Å². The number of benzene rings is 2. The number of hydrogen-bond donors (Lipinski definition) is 3. The Morgan fingerprint density at radius 3 is 2.53 bits per heavy atom. The Hall–Kier alpha value is -3.35. The number of carbonyl (C=O) groups excluding carboxylic acids is 1. The molecule has 1 aliphatic heterocycles. The maximum absolute atomic E-state index is 12.9. The van der Waals surface area contributed by atoms with Crippen molar-refractivity contribution in [1.29, 1.82) is 0 Å². The second-order valence-electron chi connectivity index (χ2n) is 6.67. The molecule has 0 aliphatic carbocycles. The highest BCUT2D eigenvalue weighted by Gasteiger charge is 2.30. The van der Waals surface area contributed by atoms with E-state index >= 15 is 0 Å². The normalized spacial score (nSPS) is 13.8. The largest absolute Gasteiger partial charge is 0.416 e. The lowest BCUT2D eigenvalue weighted by molar-refractivity contribution is -0.179. The van der Waals surface area contributed by atoms with Crippen LogP contribution in [0.5, 0.6) is 0 Å². The van der Waals surface area contributed by atoms with Gasteiger partial charge in [-0.1, -0.05) is 18.2 Å². The average molecular weight is 471 g/mol. The van der Waals surface area contributed by atoms with Crippen LogP contribution in [0.1, 0.15) is 17.5 Å². The van der Waals surface area contributed by atoms with Crippen LogP contribution in [0.4, 0.5) is 24.8 Å². The van der Waals surface area contributed by atoms with Gasteiger partial charge in [-0.25, -0.2) is 10.2 Å². The van der Waals surface area contributed by atoms with E-state index in [4.69, 9.17) is 4.84 Å². The van der Waals surface area contributed by atoms with E-state index in [1.165, 1.54) is 12.1 Å². The van der Waals surface area contributed by atoms with Crippen LogP contribution in [0.2, 0.25) is 0 Å². The molecule has 0 unspecified atom stereocenters. The first-order chi connectivity index (χ1) is 14.8. The van der Waals surface area contributed by atoms with E-state index in [0.29, 0.717) is 25.3 Å². The molecule has 1 saturated heterocycles. The van der Waals surface area contributed by atoms with Crippen molar-refractivity contribution in [3.63, 3.8) is 0 Å². The molecule has 4 rings (SSSR count). The smallest absolute Gasteiger partial charge is 0.324 e. The molecule has 1 aromatic heterocycles. The molecule has 2 aromatic carbocycles. The molecule has 9 nitrogen and oxygen atoms in total. The first-order valence-electron chi connectivity index (χ1n) is 9.22. The summed E-state index contributed by atoms with van der Waals surface area (Å²) in [5, 5.41) is 8.02. The van der Waals surface area contributed by atoms with Gasteiger partial charge in [0.2, 0.25) is 5.95 Å². The van der Waals surface area contributed by atoms with Crippen LogP contribution in [0.3, 0.4) is 0 Å². The number of aromatic nitrogens is 3. The summed E-state index contributed by atoms with van der Waals surface area (Å²) in [4.78, 5) is 31.2. The summed E-state index contributed by atoms with van der Waals surface area (Å²) in [6, 6.07) is 11.4. The van der Waals surface area contributed by atoms with E-state index in [-0.39, 0.29) is 29.9 Å². The zero-order valence-electron chi connectivity index (χ0n) is 16.3.